The van der Waals surface area contributed by atoms with Crippen LogP contribution in [0.25, 0.3) is 22.4 Å². The Bertz CT molecular complexity index is 1720. The summed E-state index contributed by atoms with van der Waals surface area (Å²) in [5, 5.41) is 13.5. The first-order chi connectivity index (χ1) is 17.2. The third-order valence-electron chi connectivity index (χ3n) is 5.90. The van der Waals surface area contributed by atoms with Crippen molar-refractivity contribution in [1.82, 2.24) is 24.1 Å². The lowest BCUT2D eigenvalue weighted by atomic mass is 10.2. The van der Waals surface area contributed by atoms with E-state index in [1.807, 2.05) is 65.9 Å². The van der Waals surface area contributed by atoms with Crippen LogP contribution in [0.3, 0.4) is 0 Å². The quantitative estimate of drug-likeness (QED) is 0.278. The van der Waals surface area contributed by atoms with Gasteiger partial charge >= 0.3 is 0 Å². The topological polar surface area (TPSA) is 65.1 Å². The van der Waals surface area contributed by atoms with Crippen molar-refractivity contribution in [3.63, 3.8) is 0 Å². The second-order valence-electron chi connectivity index (χ2n) is 8.25. The van der Waals surface area contributed by atoms with Gasteiger partial charge in [-0.05, 0) is 36.2 Å². The molecule has 0 fully saturated rings. The monoisotopic (exact) mass is 495 g/mol. The molecule has 3 aromatic carbocycles. The van der Waals surface area contributed by atoms with E-state index in [1.165, 1.54) is 5.56 Å². The van der Waals surface area contributed by atoms with Gasteiger partial charge in [-0.3, -0.25) is 9.20 Å². The Balaban J connectivity index is 1.38. The largest absolute Gasteiger partial charge is 0.268 e. The third-order valence-corrected chi connectivity index (χ3v) is 7.76. The molecular formula is C27H21N5OS2. The maximum Gasteiger partial charge on any atom is 0.267 e. The van der Waals surface area contributed by atoms with Crippen molar-refractivity contribution in [1.29, 1.82) is 0 Å². The Labute approximate surface area is 209 Å². The molecule has 8 heteroatoms. The Morgan fingerprint density at radius 2 is 1.69 bits per heavy atom. The fourth-order valence-corrected chi connectivity index (χ4v) is 5.98. The van der Waals surface area contributed by atoms with Gasteiger partial charge in [0.25, 0.3) is 5.56 Å². The molecule has 0 aliphatic rings. The highest BCUT2D eigenvalue weighted by Crippen LogP contribution is 2.27. The standard InChI is InChI=1S/C27H21N5OS2/c1-18-9-5-7-13-22(18)31-25(33)21-12-6-8-14-23(21)32-26(31)29-30-27(32)35-17-20-16-34-24(28-20)15-19-10-3-2-4-11-19/h2-14,16H,15,17H2,1H3. The molecule has 6 nitrogen and oxygen atoms in total. The molecule has 0 unspecified atom stereocenters. The summed E-state index contributed by atoms with van der Waals surface area (Å²) in [6.45, 7) is 1.99. The lowest BCUT2D eigenvalue weighted by Crippen LogP contribution is -2.22. The lowest BCUT2D eigenvalue weighted by molar-refractivity contribution is 0.927. The van der Waals surface area contributed by atoms with E-state index in [0.717, 1.165) is 39.0 Å². The molecule has 0 radical (unpaired) electrons. The summed E-state index contributed by atoms with van der Waals surface area (Å²) < 4.78 is 3.64. The van der Waals surface area contributed by atoms with Crippen molar-refractivity contribution in [2.24, 2.45) is 0 Å². The summed E-state index contributed by atoms with van der Waals surface area (Å²) >= 11 is 3.25. The second kappa shape index (κ2) is 9.13. The van der Waals surface area contributed by atoms with Crippen LogP contribution in [0.15, 0.2) is 94.2 Å². The van der Waals surface area contributed by atoms with Gasteiger partial charge in [0.2, 0.25) is 5.78 Å². The van der Waals surface area contributed by atoms with E-state index in [4.69, 9.17) is 4.98 Å². The van der Waals surface area contributed by atoms with Crippen molar-refractivity contribution >= 4 is 39.8 Å². The molecule has 3 aromatic heterocycles. The highest BCUT2D eigenvalue weighted by molar-refractivity contribution is 7.98. The minimum atomic E-state index is -0.101. The van der Waals surface area contributed by atoms with Crippen LogP contribution < -0.4 is 5.56 Å². The van der Waals surface area contributed by atoms with Gasteiger partial charge in [-0.2, -0.15) is 0 Å². The lowest BCUT2D eigenvalue weighted by Gasteiger charge is -2.13. The van der Waals surface area contributed by atoms with Crippen LogP contribution in [0.5, 0.6) is 0 Å². The van der Waals surface area contributed by atoms with Gasteiger partial charge in [-0.1, -0.05) is 72.4 Å². The second-order valence-corrected chi connectivity index (χ2v) is 10.1. The number of thioether (sulfide) groups is 1. The normalized spacial score (nSPS) is 11.5. The highest BCUT2D eigenvalue weighted by Gasteiger charge is 2.19. The van der Waals surface area contributed by atoms with Crippen molar-refractivity contribution in [2.45, 2.75) is 24.3 Å². The molecule has 0 N–H and O–H groups in total. The molecule has 0 aliphatic carbocycles. The number of thiazole rings is 1. The summed E-state index contributed by atoms with van der Waals surface area (Å²) in [7, 11) is 0. The Morgan fingerprint density at radius 1 is 0.914 bits per heavy atom. The van der Waals surface area contributed by atoms with Crippen LogP contribution in [0.2, 0.25) is 0 Å². The molecule has 0 spiro atoms. The summed E-state index contributed by atoms with van der Waals surface area (Å²) in [4.78, 5) is 18.3. The molecular weight excluding hydrogens is 474 g/mol. The molecule has 0 bridgehead atoms. The first-order valence-electron chi connectivity index (χ1n) is 11.2. The molecule has 0 atom stereocenters. The van der Waals surface area contributed by atoms with Crippen molar-refractivity contribution in [2.75, 3.05) is 0 Å². The molecule has 0 aliphatic heterocycles. The van der Waals surface area contributed by atoms with Crippen molar-refractivity contribution in [3.8, 4) is 5.69 Å². The molecule has 0 saturated carbocycles. The van der Waals surface area contributed by atoms with Crippen LogP contribution in [0.4, 0.5) is 0 Å². The Hall–Kier alpha value is -3.75. The molecule has 0 amide bonds. The van der Waals surface area contributed by atoms with Crippen LogP contribution in [0, 0.1) is 6.92 Å². The summed E-state index contributed by atoms with van der Waals surface area (Å²) in [5.74, 6) is 1.18. The molecule has 6 aromatic rings. The minimum Gasteiger partial charge on any atom is -0.268 e. The predicted octanol–water partition coefficient (Wildman–Crippen LogP) is 5.68. The predicted molar refractivity (Wildman–Crippen MR) is 142 cm³/mol. The minimum absolute atomic E-state index is 0.101. The zero-order valence-electron chi connectivity index (χ0n) is 19.0. The highest BCUT2D eigenvalue weighted by atomic mass is 32.2. The third kappa shape index (κ3) is 4.05. The van der Waals surface area contributed by atoms with Crippen LogP contribution in [0.1, 0.15) is 21.8 Å². The van der Waals surface area contributed by atoms with E-state index in [2.05, 4.69) is 39.8 Å². The summed E-state index contributed by atoms with van der Waals surface area (Å²) in [5.41, 5.74) is 4.77. The number of fused-ring (bicyclic) bond motifs is 3. The van der Waals surface area contributed by atoms with E-state index in [0.29, 0.717) is 16.9 Å². The molecule has 3 heterocycles. The van der Waals surface area contributed by atoms with Gasteiger partial charge in [0.05, 0.1) is 27.3 Å². The zero-order chi connectivity index (χ0) is 23.8. The maximum atomic E-state index is 13.5. The van der Waals surface area contributed by atoms with Gasteiger partial charge in [0, 0.05) is 17.6 Å². The smallest absolute Gasteiger partial charge is 0.267 e. The molecule has 6 rings (SSSR count). The van der Waals surface area contributed by atoms with Gasteiger partial charge in [-0.25, -0.2) is 9.55 Å². The number of nitrogens with zero attached hydrogens (tertiary/aromatic N) is 5. The molecule has 172 valence electrons. The number of para-hydroxylation sites is 2. The number of hydrogen-bond acceptors (Lipinski definition) is 6. The van der Waals surface area contributed by atoms with E-state index >= 15 is 0 Å². The SMILES string of the molecule is Cc1ccccc1-n1c(=O)c2ccccc2n2c(SCc3csc(Cc4ccccc4)n3)nnc12. The van der Waals surface area contributed by atoms with Gasteiger partial charge in [0.15, 0.2) is 5.16 Å². The van der Waals surface area contributed by atoms with Crippen LogP contribution in [-0.4, -0.2) is 24.1 Å². The maximum absolute atomic E-state index is 13.5. The van der Waals surface area contributed by atoms with Gasteiger partial charge in [0.1, 0.15) is 0 Å². The van der Waals surface area contributed by atoms with E-state index in [-0.39, 0.29) is 5.56 Å². The molecule has 0 saturated heterocycles. The average molecular weight is 496 g/mol. The van der Waals surface area contributed by atoms with Crippen LogP contribution in [-0.2, 0) is 12.2 Å². The number of aryl methyl sites for hydroxylation is 1. The first-order valence-corrected chi connectivity index (χ1v) is 13.1. The first kappa shape index (κ1) is 21.8. The van der Waals surface area contributed by atoms with Crippen molar-refractivity contribution in [3.05, 3.63) is 116 Å². The number of hydrogen-bond donors (Lipinski definition) is 0. The molecule has 35 heavy (non-hydrogen) atoms. The van der Waals surface area contributed by atoms with Crippen molar-refractivity contribution < 1.29 is 0 Å². The summed E-state index contributed by atoms with van der Waals surface area (Å²) in [6.07, 6.45) is 0.831. The van der Waals surface area contributed by atoms with Gasteiger partial charge in [-0.15, -0.1) is 21.5 Å². The summed E-state index contributed by atoms with van der Waals surface area (Å²) in [6, 6.07) is 25.8. The van der Waals surface area contributed by atoms with E-state index in [9.17, 15) is 4.79 Å². The van der Waals surface area contributed by atoms with E-state index in [1.54, 1.807) is 27.7 Å². The van der Waals surface area contributed by atoms with Crippen LogP contribution >= 0.6 is 23.1 Å². The number of aromatic nitrogens is 5. The Morgan fingerprint density at radius 3 is 2.54 bits per heavy atom. The van der Waals surface area contributed by atoms with E-state index < -0.39 is 0 Å². The number of rotatable bonds is 6. The zero-order valence-corrected chi connectivity index (χ0v) is 20.6. The Kier molecular flexibility index (Phi) is 5.67. The fraction of sp³-hybridized carbons (Fsp3) is 0.111. The van der Waals surface area contributed by atoms with Gasteiger partial charge < -0.3 is 0 Å². The fourth-order valence-electron chi connectivity index (χ4n) is 4.21. The number of benzene rings is 3. The average Bonchev–Trinajstić information content (AvgIpc) is 3.51.